The smallest absolute Gasteiger partial charge is 0.238 e. The van der Waals surface area contributed by atoms with E-state index in [2.05, 4.69) is 31.1 Å². The van der Waals surface area contributed by atoms with Gasteiger partial charge in [0.15, 0.2) is 0 Å². The number of hydrazine groups is 1. The molecule has 0 spiro atoms. The Morgan fingerprint density at radius 2 is 2.00 bits per heavy atom. The number of carbonyl (C=O) groups excluding carboxylic acids is 1. The van der Waals surface area contributed by atoms with Gasteiger partial charge in [-0.2, -0.15) is 0 Å². The zero-order chi connectivity index (χ0) is 12.3. The van der Waals surface area contributed by atoms with Gasteiger partial charge in [0, 0.05) is 12.6 Å². The van der Waals surface area contributed by atoms with E-state index in [1.165, 1.54) is 6.42 Å². The number of hydrogen-bond acceptors (Lipinski definition) is 3. The Hall–Kier alpha value is -0.610. The Labute approximate surface area is 98.5 Å². The zero-order valence-electron chi connectivity index (χ0n) is 10.9. The lowest BCUT2D eigenvalue weighted by Crippen LogP contribution is -2.45. The molecule has 3 atom stereocenters. The maximum absolute atomic E-state index is 11.5. The monoisotopic (exact) mass is 227 g/mol. The molecule has 0 bridgehead atoms. The molecule has 1 aliphatic rings. The molecule has 0 aromatic carbocycles. The van der Waals surface area contributed by atoms with Crippen molar-refractivity contribution in [2.24, 2.45) is 23.6 Å². The van der Waals surface area contributed by atoms with Gasteiger partial charge in [0.1, 0.15) is 0 Å². The van der Waals surface area contributed by atoms with E-state index >= 15 is 0 Å². The van der Waals surface area contributed by atoms with Crippen molar-refractivity contribution in [2.75, 3.05) is 13.1 Å². The summed E-state index contributed by atoms with van der Waals surface area (Å²) in [6.45, 7) is 10.8. The van der Waals surface area contributed by atoms with Gasteiger partial charge in [-0.3, -0.25) is 15.1 Å². The lowest BCUT2D eigenvalue weighted by Gasteiger charge is -2.29. The van der Waals surface area contributed by atoms with Crippen LogP contribution in [-0.2, 0) is 4.79 Å². The molecule has 4 heteroatoms. The summed E-state index contributed by atoms with van der Waals surface area (Å²) in [5.74, 6) is 6.56. The van der Waals surface area contributed by atoms with Crippen molar-refractivity contribution in [1.82, 2.24) is 10.3 Å². The van der Waals surface area contributed by atoms with Crippen LogP contribution in [0.1, 0.15) is 34.1 Å². The van der Waals surface area contributed by atoms with Gasteiger partial charge in [-0.25, -0.2) is 5.84 Å². The second-order valence-electron chi connectivity index (χ2n) is 5.33. The van der Waals surface area contributed by atoms with Gasteiger partial charge in [0.05, 0.1) is 5.92 Å². The van der Waals surface area contributed by atoms with Crippen LogP contribution in [0.2, 0.25) is 0 Å². The van der Waals surface area contributed by atoms with Crippen molar-refractivity contribution in [3.8, 4) is 0 Å². The van der Waals surface area contributed by atoms with Crippen molar-refractivity contribution < 1.29 is 4.79 Å². The first kappa shape index (κ1) is 13.5. The lowest BCUT2D eigenvalue weighted by molar-refractivity contribution is -0.126. The fraction of sp³-hybridized carbons (Fsp3) is 0.917. The van der Waals surface area contributed by atoms with Crippen LogP contribution in [0.4, 0.5) is 0 Å². The first-order chi connectivity index (χ1) is 7.47. The van der Waals surface area contributed by atoms with Crippen LogP contribution in [0.5, 0.6) is 0 Å². The number of carbonyl (C=O) groups is 1. The Morgan fingerprint density at radius 3 is 2.44 bits per heavy atom. The SMILES string of the molecule is CC(C)C1CCN(C(C)C(C)C(=O)NN)C1. The lowest BCUT2D eigenvalue weighted by atomic mass is 9.95. The molecule has 94 valence electrons. The molecule has 1 aliphatic heterocycles. The van der Waals surface area contributed by atoms with E-state index in [0.29, 0.717) is 0 Å². The Bertz CT molecular complexity index is 242. The molecule has 0 aromatic heterocycles. The fourth-order valence-electron chi connectivity index (χ4n) is 2.40. The van der Waals surface area contributed by atoms with Crippen molar-refractivity contribution in [1.29, 1.82) is 0 Å². The summed E-state index contributed by atoms with van der Waals surface area (Å²) >= 11 is 0. The third-order valence-corrected chi connectivity index (χ3v) is 4.05. The van der Waals surface area contributed by atoms with E-state index in [-0.39, 0.29) is 17.9 Å². The third-order valence-electron chi connectivity index (χ3n) is 4.05. The topological polar surface area (TPSA) is 58.4 Å². The van der Waals surface area contributed by atoms with Gasteiger partial charge in [-0.1, -0.05) is 20.8 Å². The summed E-state index contributed by atoms with van der Waals surface area (Å²) in [6.07, 6.45) is 1.25. The van der Waals surface area contributed by atoms with Crippen molar-refractivity contribution in [3.05, 3.63) is 0 Å². The second kappa shape index (κ2) is 5.64. The molecule has 0 aromatic rings. The summed E-state index contributed by atoms with van der Waals surface area (Å²) in [7, 11) is 0. The number of nitrogens with one attached hydrogen (secondary N) is 1. The molecular weight excluding hydrogens is 202 g/mol. The summed E-state index contributed by atoms with van der Waals surface area (Å²) < 4.78 is 0. The van der Waals surface area contributed by atoms with Crippen molar-refractivity contribution in [3.63, 3.8) is 0 Å². The highest BCUT2D eigenvalue weighted by Gasteiger charge is 2.32. The molecule has 0 radical (unpaired) electrons. The standard InChI is InChI=1S/C12H25N3O/c1-8(2)11-5-6-15(7-11)10(4)9(3)12(16)14-13/h8-11H,5-7,13H2,1-4H3,(H,14,16). The third kappa shape index (κ3) is 2.95. The predicted octanol–water partition coefficient (Wildman–Crippen LogP) is 0.979. The molecule has 3 N–H and O–H groups in total. The summed E-state index contributed by atoms with van der Waals surface area (Å²) in [5.41, 5.74) is 2.24. The number of rotatable bonds is 4. The molecule has 3 unspecified atom stereocenters. The maximum Gasteiger partial charge on any atom is 0.238 e. The minimum atomic E-state index is -0.0690. The molecule has 1 amide bonds. The van der Waals surface area contributed by atoms with Crippen molar-refractivity contribution in [2.45, 2.75) is 40.2 Å². The van der Waals surface area contributed by atoms with E-state index in [9.17, 15) is 4.79 Å². The Kier molecular flexibility index (Phi) is 4.74. The van der Waals surface area contributed by atoms with Gasteiger partial charge < -0.3 is 0 Å². The van der Waals surface area contributed by atoms with Gasteiger partial charge in [-0.05, 0) is 31.7 Å². The molecule has 1 fully saturated rings. The minimum absolute atomic E-state index is 0.0455. The number of likely N-dealkylation sites (tertiary alicyclic amines) is 1. The largest absolute Gasteiger partial charge is 0.300 e. The van der Waals surface area contributed by atoms with Gasteiger partial charge >= 0.3 is 0 Å². The van der Waals surface area contributed by atoms with Crippen LogP contribution in [0.3, 0.4) is 0 Å². The van der Waals surface area contributed by atoms with Crippen LogP contribution in [0.25, 0.3) is 0 Å². The summed E-state index contributed by atoms with van der Waals surface area (Å²) in [4.78, 5) is 13.9. The number of nitrogens with zero attached hydrogens (tertiary/aromatic N) is 1. The molecule has 4 nitrogen and oxygen atoms in total. The van der Waals surface area contributed by atoms with E-state index in [4.69, 9.17) is 5.84 Å². The quantitative estimate of drug-likeness (QED) is 0.427. The molecule has 0 saturated carbocycles. The van der Waals surface area contributed by atoms with Crippen molar-refractivity contribution >= 4 is 5.91 Å². The molecule has 1 saturated heterocycles. The normalized spacial score (nSPS) is 25.8. The van der Waals surface area contributed by atoms with E-state index in [1.54, 1.807) is 0 Å². The Balaban J connectivity index is 2.50. The van der Waals surface area contributed by atoms with Crippen LogP contribution >= 0.6 is 0 Å². The average molecular weight is 227 g/mol. The highest BCUT2D eigenvalue weighted by molar-refractivity contribution is 5.78. The van der Waals surface area contributed by atoms with Crippen LogP contribution < -0.4 is 11.3 Å². The van der Waals surface area contributed by atoms with Gasteiger partial charge in [0.2, 0.25) is 5.91 Å². The number of nitrogens with two attached hydrogens (primary N) is 1. The second-order valence-corrected chi connectivity index (χ2v) is 5.33. The van der Waals surface area contributed by atoms with Crippen LogP contribution in [0, 0.1) is 17.8 Å². The fourth-order valence-corrected chi connectivity index (χ4v) is 2.40. The van der Waals surface area contributed by atoms with Gasteiger partial charge in [0.25, 0.3) is 0 Å². The first-order valence-corrected chi connectivity index (χ1v) is 6.21. The minimum Gasteiger partial charge on any atom is -0.300 e. The van der Waals surface area contributed by atoms with Crippen LogP contribution in [-0.4, -0.2) is 29.9 Å². The van der Waals surface area contributed by atoms with E-state index < -0.39 is 0 Å². The maximum atomic E-state index is 11.5. The predicted molar refractivity (Wildman–Crippen MR) is 65.5 cm³/mol. The number of hydrogen-bond donors (Lipinski definition) is 2. The van der Waals surface area contributed by atoms with Gasteiger partial charge in [-0.15, -0.1) is 0 Å². The molecule has 0 aliphatic carbocycles. The molecule has 1 heterocycles. The highest BCUT2D eigenvalue weighted by atomic mass is 16.2. The van der Waals surface area contributed by atoms with Crippen LogP contribution in [0.15, 0.2) is 0 Å². The molecule has 1 rings (SSSR count). The Morgan fingerprint density at radius 1 is 1.38 bits per heavy atom. The van der Waals surface area contributed by atoms with E-state index in [1.807, 2.05) is 6.92 Å². The summed E-state index contributed by atoms with van der Waals surface area (Å²) in [5, 5.41) is 0. The summed E-state index contributed by atoms with van der Waals surface area (Å²) in [6, 6.07) is 0.271. The number of amides is 1. The van der Waals surface area contributed by atoms with E-state index in [0.717, 1.165) is 24.9 Å². The highest BCUT2D eigenvalue weighted by Crippen LogP contribution is 2.26. The first-order valence-electron chi connectivity index (χ1n) is 6.21. The zero-order valence-corrected chi connectivity index (χ0v) is 10.9. The average Bonchev–Trinajstić information content (AvgIpc) is 2.75. The molecular formula is C12H25N3O. The molecule has 16 heavy (non-hydrogen) atoms.